The van der Waals surface area contributed by atoms with E-state index in [1.165, 1.54) is 5.56 Å². The van der Waals surface area contributed by atoms with Gasteiger partial charge in [0, 0.05) is 18.3 Å². The predicted molar refractivity (Wildman–Crippen MR) is 73.0 cm³/mol. The summed E-state index contributed by atoms with van der Waals surface area (Å²) in [6, 6.07) is 10.1. The third-order valence-electron chi connectivity index (χ3n) is 2.70. The molecule has 0 spiro atoms. The Morgan fingerprint density at radius 1 is 1.17 bits per heavy atom. The number of aromatic nitrogens is 1. The fraction of sp³-hybridized carbons (Fsp3) is 0.267. The number of rotatable bonds is 4. The summed E-state index contributed by atoms with van der Waals surface area (Å²) in [6.45, 7) is 4.88. The van der Waals surface area contributed by atoms with Gasteiger partial charge in [0.05, 0.1) is 0 Å². The maximum atomic E-state index is 5.77. The molecular formula is C15H18N2O. The van der Waals surface area contributed by atoms with Crippen LogP contribution in [0.5, 0.6) is 11.6 Å². The molecule has 0 saturated carbocycles. The number of benzene rings is 1. The Morgan fingerprint density at radius 2 is 1.89 bits per heavy atom. The number of nitrogens with zero attached hydrogens (tertiary/aromatic N) is 1. The fourth-order valence-corrected chi connectivity index (χ4v) is 1.75. The molecule has 3 heteroatoms. The van der Waals surface area contributed by atoms with E-state index in [4.69, 9.17) is 4.74 Å². The highest BCUT2D eigenvalue weighted by molar-refractivity contribution is 5.34. The molecule has 0 aliphatic carbocycles. The van der Waals surface area contributed by atoms with Gasteiger partial charge < -0.3 is 10.1 Å². The van der Waals surface area contributed by atoms with Crippen LogP contribution in [-0.4, -0.2) is 12.0 Å². The zero-order valence-electron chi connectivity index (χ0n) is 11.0. The van der Waals surface area contributed by atoms with Gasteiger partial charge in [-0.2, -0.15) is 0 Å². The first-order valence-electron chi connectivity index (χ1n) is 6.03. The van der Waals surface area contributed by atoms with Gasteiger partial charge in [0.15, 0.2) is 0 Å². The van der Waals surface area contributed by atoms with Crippen molar-refractivity contribution in [3.05, 3.63) is 53.2 Å². The number of ether oxygens (including phenoxy) is 1. The summed E-state index contributed by atoms with van der Waals surface area (Å²) in [5.41, 5.74) is 3.42. The van der Waals surface area contributed by atoms with Crippen LogP contribution in [0.4, 0.5) is 0 Å². The standard InChI is InChI=1S/C15H18N2O/c1-11-4-6-14(7-5-11)18-15-12(2)8-13(9-16-3)10-17-15/h4-8,10,16H,9H2,1-3H3. The van der Waals surface area contributed by atoms with E-state index in [9.17, 15) is 0 Å². The van der Waals surface area contributed by atoms with Crippen molar-refractivity contribution < 1.29 is 4.74 Å². The molecule has 0 unspecified atom stereocenters. The lowest BCUT2D eigenvalue weighted by Gasteiger charge is -2.09. The lowest BCUT2D eigenvalue weighted by molar-refractivity contribution is 0.458. The Morgan fingerprint density at radius 3 is 2.50 bits per heavy atom. The van der Waals surface area contributed by atoms with E-state index in [1.54, 1.807) is 0 Å². The van der Waals surface area contributed by atoms with E-state index in [1.807, 2.05) is 44.4 Å². The maximum Gasteiger partial charge on any atom is 0.222 e. The summed E-state index contributed by atoms with van der Waals surface area (Å²) < 4.78 is 5.77. The lowest BCUT2D eigenvalue weighted by atomic mass is 10.2. The average molecular weight is 242 g/mol. The fourth-order valence-electron chi connectivity index (χ4n) is 1.75. The molecule has 2 aromatic rings. The maximum absolute atomic E-state index is 5.77. The molecule has 0 fully saturated rings. The van der Waals surface area contributed by atoms with Gasteiger partial charge in [0.1, 0.15) is 5.75 Å². The Labute approximate surface area is 108 Å². The van der Waals surface area contributed by atoms with E-state index < -0.39 is 0 Å². The zero-order chi connectivity index (χ0) is 13.0. The third kappa shape index (κ3) is 3.08. The SMILES string of the molecule is CNCc1cnc(Oc2ccc(C)cc2)c(C)c1. The van der Waals surface area contributed by atoms with Gasteiger partial charge >= 0.3 is 0 Å². The molecule has 0 aliphatic rings. The first kappa shape index (κ1) is 12.6. The van der Waals surface area contributed by atoms with Gasteiger partial charge in [-0.15, -0.1) is 0 Å². The first-order chi connectivity index (χ1) is 8.69. The summed E-state index contributed by atoms with van der Waals surface area (Å²) in [4.78, 5) is 4.35. The van der Waals surface area contributed by atoms with Crippen LogP contribution in [0.3, 0.4) is 0 Å². The van der Waals surface area contributed by atoms with Gasteiger partial charge in [0.25, 0.3) is 0 Å². The van der Waals surface area contributed by atoms with E-state index in [0.717, 1.165) is 23.4 Å². The van der Waals surface area contributed by atoms with Crippen LogP contribution in [0.25, 0.3) is 0 Å². The Kier molecular flexibility index (Phi) is 3.95. The molecule has 3 nitrogen and oxygen atoms in total. The number of hydrogen-bond acceptors (Lipinski definition) is 3. The van der Waals surface area contributed by atoms with Crippen molar-refractivity contribution >= 4 is 0 Å². The van der Waals surface area contributed by atoms with Crippen molar-refractivity contribution in [1.29, 1.82) is 0 Å². The van der Waals surface area contributed by atoms with Gasteiger partial charge in [-0.25, -0.2) is 4.98 Å². The van der Waals surface area contributed by atoms with Gasteiger partial charge in [-0.1, -0.05) is 17.7 Å². The van der Waals surface area contributed by atoms with Crippen molar-refractivity contribution in [2.24, 2.45) is 0 Å². The monoisotopic (exact) mass is 242 g/mol. The number of aryl methyl sites for hydroxylation is 2. The lowest BCUT2D eigenvalue weighted by Crippen LogP contribution is -2.06. The van der Waals surface area contributed by atoms with E-state index in [2.05, 4.69) is 23.3 Å². The molecule has 18 heavy (non-hydrogen) atoms. The highest BCUT2D eigenvalue weighted by Gasteiger charge is 2.04. The largest absolute Gasteiger partial charge is 0.439 e. The van der Waals surface area contributed by atoms with Crippen molar-refractivity contribution in [2.75, 3.05) is 7.05 Å². The van der Waals surface area contributed by atoms with Crippen LogP contribution in [0.15, 0.2) is 36.5 Å². The molecule has 0 saturated heterocycles. The van der Waals surface area contributed by atoms with Crippen molar-refractivity contribution in [3.63, 3.8) is 0 Å². The summed E-state index contributed by atoms with van der Waals surface area (Å²) in [7, 11) is 1.92. The van der Waals surface area contributed by atoms with Crippen LogP contribution in [0, 0.1) is 13.8 Å². The number of pyridine rings is 1. The van der Waals surface area contributed by atoms with E-state index in [-0.39, 0.29) is 0 Å². The number of hydrogen-bond donors (Lipinski definition) is 1. The van der Waals surface area contributed by atoms with Gasteiger partial charge in [-0.3, -0.25) is 0 Å². The first-order valence-corrected chi connectivity index (χ1v) is 6.03. The van der Waals surface area contributed by atoms with Crippen LogP contribution in [0.2, 0.25) is 0 Å². The zero-order valence-corrected chi connectivity index (χ0v) is 11.0. The molecule has 0 aliphatic heterocycles. The van der Waals surface area contributed by atoms with Crippen LogP contribution >= 0.6 is 0 Å². The molecule has 0 atom stereocenters. The van der Waals surface area contributed by atoms with Crippen LogP contribution in [-0.2, 0) is 6.54 Å². The summed E-state index contributed by atoms with van der Waals surface area (Å²) in [5, 5.41) is 3.11. The van der Waals surface area contributed by atoms with Crippen LogP contribution in [0.1, 0.15) is 16.7 Å². The summed E-state index contributed by atoms with van der Waals surface area (Å²) >= 11 is 0. The summed E-state index contributed by atoms with van der Waals surface area (Å²) in [6.07, 6.45) is 1.84. The highest BCUT2D eigenvalue weighted by Crippen LogP contribution is 2.23. The van der Waals surface area contributed by atoms with Crippen molar-refractivity contribution in [3.8, 4) is 11.6 Å². The molecule has 94 valence electrons. The second-order valence-electron chi connectivity index (χ2n) is 4.41. The molecular weight excluding hydrogens is 224 g/mol. The summed E-state index contributed by atoms with van der Waals surface area (Å²) in [5.74, 6) is 1.48. The molecule has 1 aromatic heterocycles. The molecule has 0 radical (unpaired) electrons. The van der Waals surface area contributed by atoms with E-state index in [0.29, 0.717) is 5.88 Å². The topological polar surface area (TPSA) is 34.2 Å². The second kappa shape index (κ2) is 5.65. The molecule has 1 aromatic carbocycles. The minimum Gasteiger partial charge on any atom is -0.439 e. The normalized spacial score (nSPS) is 10.4. The molecule has 1 heterocycles. The molecule has 2 rings (SSSR count). The third-order valence-corrected chi connectivity index (χ3v) is 2.70. The Bertz CT molecular complexity index is 521. The Balaban J connectivity index is 2.16. The molecule has 0 amide bonds. The van der Waals surface area contributed by atoms with E-state index >= 15 is 0 Å². The number of nitrogens with one attached hydrogen (secondary N) is 1. The smallest absolute Gasteiger partial charge is 0.222 e. The minimum absolute atomic E-state index is 0.665. The second-order valence-corrected chi connectivity index (χ2v) is 4.41. The minimum atomic E-state index is 0.665. The molecule has 0 bridgehead atoms. The molecule has 1 N–H and O–H groups in total. The van der Waals surface area contributed by atoms with Gasteiger partial charge in [-0.05, 0) is 44.7 Å². The average Bonchev–Trinajstić information content (AvgIpc) is 2.36. The predicted octanol–water partition coefficient (Wildman–Crippen LogP) is 3.21. The van der Waals surface area contributed by atoms with Gasteiger partial charge in [0.2, 0.25) is 5.88 Å². The van der Waals surface area contributed by atoms with Crippen molar-refractivity contribution in [1.82, 2.24) is 10.3 Å². The van der Waals surface area contributed by atoms with Crippen molar-refractivity contribution in [2.45, 2.75) is 20.4 Å². The quantitative estimate of drug-likeness (QED) is 0.894. The Hall–Kier alpha value is -1.87. The van der Waals surface area contributed by atoms with Crippen LogP contribution < -0.4 is 10.1 Å². The highest BCUT2D eigenvalue weighted by atomic mass is 16.5.